The van der Waals surface area contributed by atoms with Crippen molar-refractivity contribution in [3.63, 3.8) is 0 Å². The molecule has 0 aliphatic carbocycles. The molecule has 0 amide bonds. The second kappa shape index (κ2) is 10.4. The highest BCUT2D eigenvalue weighted by Gasteiger charge is 2.34. The first-order chi connectivity index (χ1) is 12.5. The normalized spacial score (nSPS) is 15.5. The van der Waals surface area contributed by atoms with Crippen LogP contribution in [0, 0.1) is 0 Å². The molecule has 2 aromatic carbocycles. The molecule has 26 heavy (non-hydrogen) atoms. The lowest BCUT2D eigenvalue weighted by Crippen LogP contribution is -2.46. The molecule has 1 aliphatic heterocycles. The lowest BCUT2D eigenvalue weighted by atomic mass is 10.2. The topological polar surface area (TPSA) is 74.2 Å². The van der Waals surface area contributed by atoms with E-state index >= 15 is 0 Å². The lowest BCUT2D eigenvalue weighted by molar-refractivity contribution is 0.0731. The number of hydrogen-bond donors (Lipinski definition) is 1. The van der Waals surface area contributed by atoms with Crippen LogP contribution in [0.4, 0.5) is 0 Å². The molecule has 2 aromatic rings. The molecule has 0 atom stereocenters. The number of esters is 1. The Labute approximate surface area is 159 Å². The molecule has 0 bridgehead atoms. The highest BCUT2D eigenvalue weighted by molar-refractivity contribution is 6.75. The smallest absolute Gasteiger partial charge is 0.413 e. The maximum absolute atomic E-state index is 11.7. The van der Waals surface area contributed by atoms with Gasteiger partial charge in [0.25, 0.3) is 0 Å². The second-order valence-corrected chi connectivity index (χ2v) is 11.1. The van der Waals surface area contributed by atoms with E-state index in [1.54, 1.807) is 36.4 Å². The van der Waals surface area contributed by atoms with Crippen molar-refractivity contribution in [2.24, 2.45) is 0 Å². The molecule has 136 valence electrons. The number of rotatable bonds is 4. The van der Waals surface area contributed by atoms with E-state index in [9.17, 15) is 9.90 Å². The van der Waals surface area contributed by atoms with Crippen LogP contribution in [0.1, 0.15) is 23.7 Å². The molecular weight excluding hydrogens is 384 g/mol. The van der Waals surface area contributed by atoms with Crippen LogP contribution in [0.15, 0.2) is 54.6 Å². The summed E-state index contributed by atoms with van der Waals surface area (Å²) >= 11 is 0. The number of carbonyl (C=O) groups excluding carboxylic acids is 1. The molecule has 0 saturated carbocycles. The zero-order chi connectivity index (χ0) is 18.8. The lowest BCUT2D eigenvalue weighted by Gasteiger charge is -2.29. The van der Waals surface area contributed by atoms with E-state index in [-0.39, 0.29) is 31.3 Å². The summed E-state index contributed by atoms with van der Waals surface area (Å²) in [6, 6.07) is 16.1. The zero-order valence-electron chi connectivity index (χ0n) is 14.6. The van der Waals surface area contributed by atoms with Crippen LogP contribution < -0.4 is 4.74 Å². The van der Waals surface area contributed by atoms with Gasteiger partial charge in [0, 0.05) is 0 Å². The van der Waals surface area contributed by atoms with Gasteiger partial charge in [0.2, 0.25) is 0 Å². The Hall–Kier alpha value is -1.76. The number of carbonyl (C=O) groups is 1. The van der Waals surface area contributed by atoms with Crippen LogP contribution in [-0.2, 0) is 12.3 Å². The summed E-state index contributed by atoms with van der Waals surface area (Å²) in [5.41, 5.74) is 0.159. The van der Waals surface area contributed by atoms with Crippen LogP contribution in [0.2, 0.25) is 12.6 Å². The first-order valence-corrected chi connectivity index (χ1v) is 12.3. The quantitative estimate of drug-likeness (QED) is 0.479. The van der Waals surface area contributed by atoms with Gasteiger partial charge in [-0.2, -0.15) is 0 Å². The molecule has 0 aromatic heterocycles. The SMILES string of the molecule is CCC[Si]1(C)O[Si]O[Si]O1.O=C(Oc1ccccc1)c1ccccc1O. The number of phenols is 1. The van der Waals surface area contributed by atoms with Gasteiger partial charge in [-0.1, -0.05) is 43.7 Å². The van der Waals surface area contributed by atoms with Crippen molar-refractivity contribution in [2.45, 2.75) is 25.9 Å². The van der Waals surface area contributed by atoms with Gasteiger partial charge in [0.05, 0.1) is 0 Å². The Bertz CT molecular complexity index is 686. The minimum absolute atomic E-state index is 0.0802. The molecular formula is C17H20O6Si3. The summed E-state index contributed by atoms with van der Waals surface area (Å²) in [6.07, 6.45) is 1.14. The maximum atomic E-state index is 11.7. The van der Waals surface area contributed by atoms with E-state index in [4.69, 9.17) is 17.1 Å². The third-order valence-electron chi connectivity index (χ3n) is 3.38. The summed E-state index contributed by atoms with van der Waals surface area (Å²) < 4.78 is 20.9. The molecule has 1 heterocycles. The summed E-state index contributed by atoms with van der Waals surface area (Å²) in [5.74, 6) is -0.191. The second-order valence-electron chi connectivity index (χ2n) is 5.58. The molecule has 0 unspecified atom stereocenters. The van der Waals surface area contributed by atoms with Gasteiger partial charge < -0.3 is 22.2 Å². The Kier molecular flexibility index (Phi) is 8.22. The summed E-state index contributed by atoms with van der Waals surface area (Å²) in [6.45, 7) is 4.24. The van der Waals surface area contributed by atoms with E-state index in [2.05, 4.69) is 13.5 Å². The molecule has 1 fully saturated rings. The minimum atomic E-state index is -1.74. The first-order valence-electron chi connectivity index (χ1n) is 8.11. The van der Waals surface area contributed by atoms with Crippen molar-refractivity contribution in [1.29, 1.82) is 0 Å². The maximum Gasteiger partial charge on any atom is 0.413 e. The molecule has 1 saturated heterocycles. The average molecular weight is 405 g/mol. The average Bonchev–Trinajstić information content (AvgIpc) is 2.64. The highest BCUT2D eigenvalue weighted by atomic mass is 28.5. The molecule has 9 heteroatoms. The third kappa shape index (κ3) is 6.52. The first kappa shape index (κ1) is 20.6. The molecule has 0 spiro atoms. The largest absolute Gasteiger partial charge is 0.507 e. The highest BCUT2D eigenvalue weighted by Crippen LogP contribution is 2.19. The van der Waals surface area contributed by atoms with Crippen molar-refractivity contribution in [3.8, 4) is 11.5 Å². The van der Waals surface area contributed by atoms with Crippen LogP contribution >= 0.6 is 0 Å². The summed E-state index contributed by atoms with van der Waals surface area (Å²) in [7, 11) is -1.31. The van der Waals surface area contributed by atoms with Crippen molar-refractivity contribution in [1.82, 2.24) is 0 Å². The number of aromatic hydroxyl groups is 1. The van der Waals surface area contributed by atoms with Crippen molar-refractivity contribution in [2.75, 3.05) is 0 Å². The van der Waals surface area contributed by atoms with Crippen molar-refractivity contribution >= 4 is 34.5 Å². The van der Waals surface area contributed by atoms with Crippen molar-refractivity contribution in [3.05, 3.63) is 60.2 Å². The molecule has 6 nitrogen and oxygen atoms in total. The number of benzene rings is 2. The van der Waals surface area contributed by atoms with E-state index < -0.39 is 14.5 Å². The third-order valence-corrected chi connectivity index (χ3v) is 9.58. The summed E-state index contributed by atoms with van der Waals surface area (Å²) in [4.78, 5) is 11.7. The fourth-order valence-corrected chi connectivity index (χ4v) is 7.00. The van der Waals surface area contributed by atoms with E-state index in [0.717, 1.165) is 12.5 Å². The van der Waals surface area contributed by atoms with Gasteiger partial charge in [-0.25, -0.2) is 4.79 Å². The van der Waals surface area contributed by atoms with Gasteiger partial charge in [0.15, 0.2) is 0 Å². The van der Waals surface area contributed by atoms with Crippen LogP contribution in [0.3, 0.4) is 0 Å². The Morgan fingerprint density at radius 1 is 1.08 bits per heavy atom. The molecule has 4 radical (unpaired) electrons. The van der Waals surface area contributed by atoms with Gasteiger partial charge in [0.1, 0.15) is 17.1 Å². The minimum Gasteiger partial charge on any atom is -0.507 e. The van der Waals surface area contributed by atoms with Crippen LogP contribution in [0.25, 0.3) is 0 Å². The van der Waals surface area contributed by atoms with E-state index in [1.807, 2.05) is 6.07 Å². The number of hydrogen-bond acceptors (Lipinski definition) is 6. The molecule has 3 rings (SSSR count). The van der Waals surface area contributed by atoms with Crippen LogP contribution in [-0.4, -0.2) is 39.7 Å². The van der Waals surface area contributed by atoms with Crippen molar-refractivity contribution < 1.29 is 27.0 Å². The number of para-hydroxylation sites is 2. The predicted molar refractivity (Wildman–Crippen MR) is 101 cm³/mol. The zero-order valence-corrected chi connectivity index (χ0v) is 17.6. The van der Waals surface area contributed by atoms with Gasteiger partial charge in [-0.05, 0) is 36.9 Å². The Morgan fingerprint density at radius 2 is 1.69 bits per heavy atom. The standard InChI is InChI=1S/C13H10O3.C4H10O3Si3/c14-12-9-5-4-8-11(12)13(15)16-10-6-2-1-3-7-10;1-3-4-10(2)6-8-5-9-7-10/h1-9,14H;3-4H2,1-2H3. The Balaban J connectivity index is 0.000000209. The van der Waals surface area contributed by atoms with Crippen LogP contribution in [0.5, 0.6) is 11.5 Å². The summed E-state index contributed by atoms with van der Waals surface area (Å²) in [5, 5.41) is 9.46. The van der Waals surface area contributed by atoms with Gasteiger partial charge in [-0.3, -0.25) is 0 Å². The van der Waals surface area contributed by atoms with Gasteiger partial charge in [-0.15, -0.1) is 0 Å². The van der Waals surface area contributed by atoms with E-state index in [0.29, 0.717) is 5.75 Å². The monoisotopic (exact) mass is 404 g/mol. The Morgan fingerprint density at radius 3 is 2.31 bits per heavy atom. The molecule has 1 N–H and O–H groups in total. The van der Waals surface area contributed by atoms with E-state index in [1.165, 1.54) is 12.1 Å². The number of ether oxygens (including phenoxy) is 1. The predicted octanol–water partition coefficient (Wildman–Crippen LogP) is 3.21. The fraction of sp³-hybridized carbons (Fsp3) is 0.235. The fourth-order valence-electron chi connectivity index (χ4n) is 2.11. The molecule has 1 aliphatic rings. The van der Waals surface area contributed by atoms with Gasteiger partial charge >= 0.3 is 34.5 Å². The number of phenolic OH excluding ortho intramolecular Hbond substituents is 1.